The van der Waals surface area contributed by atoms with Crippen molar-refractivity contribution in [1.29, 1.82) is 0 Å². The molecule has 3 rings (SSSR count). The van der Waals surface area contributed by atoms with Gasteiger partial charge in [0.15, 0.2) is 5.11 Å². The molecule has 0 spiro atoms. The van der Waals surface area contributed by atoms with Crippen LogP contribution in [0.4, 0.5) is 11.4 Å². The fraction of sp³-hybridized carbons (Fsp3) is 0.130. The van der Waals surface area contributed by atoms with Crippen LogP contribution in [0.1, 0.15) is 27.0 Å². The second-order valence-electron chi connectivity index (χ2n) is 7.64. The van der Waals surface area contributed by atoms with Gasteiger partial charge in [-0.3, -0.25) is 14.8 Å². The average molecular weight is 465 g/mol. The highest BCUT2D eigenvalue weighted by Crippen LogP contribution is 2.20. The van der Waals surface area contributed by atoms with Gasteiger partial charge in [-0.1, -0.05) is 29.2 Å². The van der Waals surface area contributed by atoms with E-state index in [9.17, 15) is 13.2 Å². The van der Waals surface area contributed by atoms with Crippen LogP contribution in [0, 0.1) is 20.8 Å². The Morgan fingerprint density at radius 3 is 2.09 bits per heavy atom. The summed E-state index contributed by atoms with van der Waals surface area (Å²) in [5.74, 6) is -0.317. The summed E-state index contributed by atoms with van der Waals surface area (Å²) in [6, 6.07) is 16.9. The minimum atomic E-state index is -3.73. The summed E-state index contributed by atoms with van der Waals surface area (Å²) in [7, 11) is -1.79. The molecule has 3 aromatic rings. The van der Waals surface area contributed by atoms with Crippen molar-refractivity contribution in [2.24, 2.45) is 0 Å². The first kappa shape index (κ1) is 23.5. The number of hydrogen-bond acceptors (Lipinski definition) is 4. The number of carbonyl (C=O) groups is 1. The van der Waals surface area contributed by atoms with Crippen LogP contribution in [0.3, 0.4) is 0 Å². The maximum atomic E-state index is 12.7. The molecule has 0 saturated carbocycles. The summed E-state index contributed by atoms with van der Waals surface area (Å²) >= 11 is 5.21. The van der Waals surface area contributed by atoms with E-state index >= 15 is 0 Å². The molecule has 0 unspecified atom stereocenters. The third kappa shape index (κ3) is 5.75. The van der Waals surface area contributed by atoms with Crippen LogP contribution >= 0.6 is 12.2 Å². The van der Waals surface area contributed by atoms with Gasteiger partial charge in [0.2, 0.25) is 0 Å². The molecule has 0 aliphatic rings. The first-order valence-corrected chi connectivity index (χ1v) is 11.8. The Morgan fingerprint density at radius 1 is 0.844 bits per heavy atom. The van der Waals surface area contributed by atoms with Crippen molar-refractivity contribution >= 4 is 57.9 Å². The zero-order valence-electron chi connectivity index (χ0n) is 18.3. The monoisotopic (exact) mass is 465 g/mol. The van der Waals surface area contributed by atoms with E-state index in [-0.39, 0.29) is 15.9 Å². The summed E-state index contributed by atoms with van der Waals surface area (Å²) in [5, 5.41) is 5.65. The fourth-order valence-corrected chi connectivity index (χ4v) is 4.22. The Kier molecular flexibility index (Phi) is 7.01. The van der Waals surface area contributed by atoms with Crippen LogP contribution in [-0.2, 0) is 10.0 Å². The van der Waals surface area contributed by atoms with Gasteiger partial charge in [0.25, 0.3) is 15.9 Å². The Labute approximate surface area is 194 Å². The van der Waals surface area contributed by atoms with Gasteiger partial charge >= 0.3 is 0 Å². The fourth-order valence-electron chi connectivity index (χ4n) is 2.96. The minimum absolute atomic E-state index is 0.117. The van der Waals surface area contributed by atoms with Gasteiger partial charge in [0.05, 0.1) is 4.90 Å². The first-order valence-electron chi connectivity index (χ1n) is 9.95. The standard InChI is InChI=1S/C23H24BN3O3S2/c1-14-5-7-19(12-16(14)3)27-32(29,30)20-10-8-18(9-11-20)25-23(31)26-22(28)17-6-4-15(2)21(24)13-17/h4-13,27H,24H2,1-3H3,(H2,25,26,28,31). The number of amides is 1. The average Bonchev–Trinajstić information content (AvgIpc) is 2.73. The lowest BCUT2D eigenvalue weighted by atomic mass is 9.89. The largest absolute Gasteiger partial charge is 0.332 e. The molecule has 0 aliphatic carbocycles. The number of benzene rings is 3. The molecule has 9 heteroatoms. The van der Waals surface area contributed by atoms with E-state index in [2.05, 4.69) is 15.4 Å². The van der Waals surface area contributed by atoms with Crippen molar-refractivity contribution in [2.75, 3.05) is 10.0 Å². The van der Waals surface area contributed by atoms with Gasteiger partial charge in [-0.15, -0.1) is 0 Å². The summed E-state index contributed by atoms with van der Waals surface area (Å²) in [6.45, 7) is 5.87. The lowest BCUT2D eigenvalue weighted by molar-refractivity contribution is 0.0978. The summed E-state index contributed by atoms with van der Waals surface area (Å²) in [6.07, 6.45) is 0. The van der Waals surface area contributed by atoms with Crippen LogP contribution in [-0.4, -0.2) is 27.3 Å². The highest BCUT2D eigenvalue weighted by atomic mass is 32.2. The second-order valence-corrected chi connectivity index (χ2v) is 9.73. The van der Waals surface area contributed by atoms with E-state index in [0.29, 0.717) is 16.9 Å². The number of sulfonamides is 1. The Hall–Kier alpha value is -3.17. The Morgan fingerprint density at radius 2 is 1.47 bits per heavy atom. The van der Waals surface area contributed by atoms with Gasteiger partial charge < -0.3 is 5.32 Å². The van der Waals surface area contributed by atoms with Gasteiger partial charge in [0, 0.05) is 16.9 Å². The van der Waals surface area contributed by atoms with E-state index in [4.69, 9.17) is 12.2 Å². The SMILES string of the molecule is Bc1cc(C(=O)NC(=S)Nc2ccc(S(=O)(=O)Nc3ccc(C)c(C)c3)cc2)ccc1C. The van der Waals surface area contributed by atoms with Crippen LogP contribution in [0.2, 0.25) is 0 Å². The molecule has 0 saturated heterocycles. The molecular formula is C23H24BN3O3S2. The number of carbonyl (C=O) groups excluding carboxylic acids is 1. The lowest BCUT2D eigenvalue weighted by Crippen LogP contribution is -2.34. The molecule has 0 aliphatic heterocycles. The van der Waals surface area contributed by atoms with Crippen LogP contribution < -0.4 is 20.8 Å². The van der Waals surface area contributed by atoms with E-state index in [1.54, 1.807) is 36.4 Å². The van der Waals surface area contributed by atoms with Crippen molar-refractivity contribution < 1.29 is 13.2 Å². The third-order valence-electron chi connectivity index (χ3n) is 5.18. The van der Waals surface area contributed by atoms with Crippen molar-refractivity contribution in [2.45, 2.75) is 25.7 Å². The third-order valence-corrected chi connectivity index (χ3v) is 6.78. The molecule has 1 amide bonds. The number of hydrogen-bond donors (Lipinski definition) is 3. The first-order chi connectivity index (χ1) is 15.0. The molecule has 3 aromatic carbocycles. The number of rotatable bonds is 5. The maximum Gasteiger partial charge on any atom is 0.261 e. The van der Waals surface area contributed by atoms with Crippen molar-refractivity contribution in [1.82, 2.24) is 5.32 Å². The normalized spacial score (nSPS) is 11.0. The zero-order valence-corrected chi connectivity index (χ0v) is 19.9. The highest BCUT2D eigenvalue weighted by Gasteiger charge is 2.15. The summed E-state index contributed by atoms with van der Waals surface area (Å²) in [5.41, 5.74) is 5.78. The molecule has 0 aromatic heterocycles. The smallest absolute Gasteiger partial charge is 0.261 e. The second kappa shape index (κ2) is 9.54. The van der Waals surface area contributed by atoms with E-state index in [1.807, 2.05) is 40.8 Å². The van der Waals surface area contributed by atoms with Crippen molar-refractivity contribution in [3.8, 4) is 0 Å². The molecule has 0 bridgehead atoms. The molecule has 0 radical (unpaired) electrons. The molecule has 6 nitrogen and oxygen atoms in total. The van der Waals surface area contributed by atoms with Crippen LogP contribution in [0.15, 0.2) is 65.6 Å². The van der Waals surface area contributed by atoms with Gasteiger partial charge in [-0.25, -0.2) is 8.42 Å². The quantitative estimate of drug-likeness (QED) is 0.399. The zero-order chi connectivity index (χ0) is 23.5. The number of anilines is 2. The van der Waals surface area contributed by atoms with E-state index in [1.165, 1.54) is 12.1 Å². The maximum absolute atomic E-state index is 12.7. The number of nitrogens with one attached hydrogen (secondary N) is 3. The molecule has 3 N–H and O–H groups in total. The number of aryl methyl sites for hydroxylation is 3. The van der Waals surface area contributed by atoms with E-state index < -0.39 is 10.0 Å². The minimum Gasteiger partial charge on any atom is -0.332 e. The Balaban J connectivity index is 1.64. The Bertz CT molecular complexity index is 1290. The topological polar surface area (TPSA) is 87.3 Å². The van der Waals surface area contributed by atoms with E-state index in [0.717, 1.165) is 22.2 Å². The predicted molar refractivity (Wildman–Crippen MR) is 136 cm³/mol. The molecule has 0 atom stereocenters. The van der Waals surface area contributed by atoms with Crippen molar-refractivity contribution in [3.05, 3.63) is 82.9 Å². The molecule has 32 heavy (non-hydrogen) atoms. The molecule has 0 heterocycles. The van der Waals surface area contributed by atoms with Gasteiger partial charge in [-0.2, -0.15) is 0 Å². The lowest BCUT2D eigenvalue weighted by Gasteiger charge is -2.12. The van der Waals surface area contributed by atoms with Gasteiger partial charge in [0.1, 0.15) is 7.85 Å². The van der Waals surface area contributed by atoms with Crippen LogP contribution in [0.5, 0.6) is 0 Å². The van der Waals surface area contributed by atoms with Crippen LogP contribution in [0.25, 0.3) is 0 Å². The predicted octanol–water partition coefficient (Wildman–Crippen LogP) is 2.80. The van der Waals surface area contributed by atoms with Gasteiger partial charge in [-0.05, 0) is 86.6 Å². The number of thiocarbonyl (C=S) groups is 1. The molecule has 0 fully saturated rings. The highest BCUT2D eigenvalue weighted by molar-refractivity contribution is 7.92. The summed E-state index contributed by atoms with van der Waals surface area (Å²) in [4.78, 5) is 12.5. The molecular weight excluding hydrogens is 441 g/mol. The summed E-state index contributed by atoms with van der Waals surface area (Å²) < 4.78 is 27.9. The molecule has 164 valence electrons. The van der Waals surface area contributed by atoms with Crippen molar-refractivity contribution in [3.63, 3.8) is 0 Å².